The van der Waals surface area contributed by atoms with Crippen LogP contribution in [-0.4, -0.2) is 69.3 Å². The predicted octanol–water partition coefficient (Wildman–Crippen LogP) is 0.292. The van der Waals surface area contributed by atoms with Crippen LogP contribution in [0.2, 0.25) is 0 Å². The molecule has 2 aromatic heterocycles. The average molecular weight is 315 g/mol. The van der Waals surface area contributed by atoms with Crippen molar-refractivity contribution in [2.24, 2.45) is 0 Å². The van der Waals surface area contributed by atoms with E-state index in [0.29, 0.717) is 37.6 Å². The van der Waals surface area contributed by atoms with Gasteiger partial charge in [0.15, 0.2) is 0 Å². The molecule has 2 aliphatic heterocycles. The third-order valence-corrected chi connectivity index (χ3v) is 4.25. The molecule has 8 nitrogen and oxygen atoms in total. The molecule has 0 saturated carbocycles. The first kappa shape index (κ1) is 14.3. The molecule has 120 valence electrons. The van der Waals surface area contributed by atoms with E-state index in [2.05, 4.69) is 15.3 Å². The summed E-state index contributed by atoms with van der Waals surface area (Å²) in [5.41, 5.74) is 1.26. The molecular formula is C15H17N5O3. The van der Waals surface area contributed by atoms with Crippen molar-refractivity contribution >= 4 is 5.91 Å². The average Bonchev–Trinajstić information content (AvgIpc) is 3.15. The molecule has 2 fully saturated rings. The summed E-state index contributed by atoms with van der Waals surface area (Å²) in [7, 11) is 0. The van der Waals surface area contributed by atoms with Crippen LogP contribution in [0.15, 0.2) is 30.9 Å². The fourth-order valence-corrected chi connectivity index (χ4v) is 3.12. The van der Waals surface area contributed by atoms with Crippen molar-refractivity contribution in [1.82, 2.24) is 24.9 Å². The zero-order valence-electron chi connectivity index (χ0n) is 12.5. The summed E-state index contributed by atoms with van der Waals surface area (Å²) >= 11 is 0. The van der Waals surface area contributed by atoms with Crippen molar-refractivity contribution in [2.45, 2.75) is 18.6 Å². The first-order chi connectivity index (χ1) is 11.3. The minimum atomic E-state index is -0.0343. The van der Waals surface area contributed by atoms with Gasteiger partial charge in [0.2, 0.25) is 0 Å². The van der Waals surface area contributed by atoms with Gasteiger partial charge in [0.25, 0.3) is 5.91 Å². The number of rotatable bonds is 2. The van der Waals surface area contributed by atoms with Crippen LogP contribution in [0, 0.1) is 0 Å². The van der Waals surface area contributed by atoms with Gasteiger partial charge in [0.1, 0.15) is 6.10 Å². The number of nitrogens with zero attached hydrogens (tertiary/aromatic N) is 5. The summed E-state index contributed by atoms with van der Waals surface area (Å²) in [5, 5.41) is 7.71. The summed E-state index contributed by atoms with van der Waals surface area (Å²) in [6.45, 7) is 2.33. The minimum Gasteiger partial charge on any atom is -0.379 e. The first-order valence-electron chi connectivity index (χ1n) is 7.65. The van der Waals surface area contributed by atoms with Crippen molar-refractivity contribution in [3.8, 4) is 5.69 Å². The number of ether oxygens (including phenoxy) is 2. The Balaban J connectivity index is 1.60. The van der Waals surface area contributed by atoms with Gasteiger partial charge in [-0.25, -0.2) is 4.68 Å². The van der Waals surface area contributed by atoms with Crippen LogP contribution in [0.5, 0.6) is 0 Å². The SMILES string of the molecule is O=C(c1cncc(-n2ccnn2)c1)N1CCO[C@@H]2COCC[C@@H]21. The number of pyridine rings is 1. The molecule has 2 atom stereocenters. The van der Waals surface area contributed by atoms with Crippen LogP contribution in [0.3, 0.4) is 0 Å². The molecule has 0 unspecified atom stereocenters. The largest absolute Gasteiger partial charge is 0.379 e. The minimum absolute atomic E-state index is 0.0281. The van der Waals surface area contributed by atoms with Gasteiger partial charge < -0.3 is 14.4 Å². The van der Waals surface area contributed by atoms with E-state index < -0.39 is 0 Å². The molecule has 2 saturated heterocycles. The van der Waals surface area contributed by atoms with Crippen LogP contribution < -0.4 is 0 Å². The molecule has 0 N–H and O–H groups in total. The van der Waals surface area contributed by atoms with Gasteiger partial charge in [0.05, 0.1) is 49.1 Å². The van der Waals surface area contributed by atoms with E-state index in [1.54, 1.807) is 35.5 Å². The van der Waals surface area contributed by atoms with Gasteiger partial charge in [-0.05, 0) is 12.5 Å². The Hall–Kier alpha value is -2.32. The van der Waals surface area contributed by atoms with Crippen LogP contribution >= 0.6 is 0 Å². The summed E-state index contributed by atoms with van der Waals surface area (Å²) < 4.78 is 12.8. The highest BCUT2D eigenvalue weighted by atomic mass is 16.5. The number of fused-ring (bicyclic) bond motifs is 1. The number of hydrogen-bond acceptors (Lipinski definition) is 6. The first-order valence-corrected chi connectivity index (χ1v) is 7.65. The Kier molecular flexibility index (Phi) is 3.76. The molecule has 2 aromatic rings. The van der Waals surface area contributed by atoms with Crippen LogP contribution in [0.25, 0.3) is 5.69 Å². The number of carbonyl (C=O) groups is 1. The smallest absolute Gasteiger partial charge is 0.255 e. The van der Waals surface area contributed by atoms with Crippen LogP contribution in [0.1, 0.15) is 16.8 Å². The molecule has 0 radical (unpaired) electrons. The normalized spacial score (nSPS) is 24.3. The molecule has 1 amide bonds. The maximum absolute atomic E-state index is 12.9. The van der Waals surface area contributed by atoms with Crippen LogP contribution in [-0.2, 0) is 9.47 Å². The molecule has 0 bridgehead atoms. The lowest BCUT2D eigenvalue weighted by molar-refractivity contribution is -0.124. The molecule has 0 spiro atoms. The molecule has 23 heavy (non-hydrogen) atoms. The zero-order valence-corrected chi connectivity index (χ0v) is 12.5. The zero-order chi connectivity index (χ0) is 15.6. The highest BCUT2D eigenvalue weighted by molar-refractivity contribution is 5.94. The molecule has 0 aromatic carbocycles. The van der Waals surface area contributed by atoms with Gasteiger partial charge >= 0.3 is 0 Å². The standard InChI is InChI=1S/C15H17N5O3/c21-15(19-4-6-23-14-10-22-5-1-13(14)19)11-7-12(9-16-8-11)20-3-2-17-18-20/h2-3,7-9,13-14H,1,4-6,10H2/t13-,14+/m0/s1. The van der Waals surface area contributed by atoms with Gasteiger partial charge in [0, 0.05) is 19.3 Å². The predicted molar refractivity (Wildman–Crippen MR) is 79.2 cm³/mol. The lowest BCUT2D eigenvalue weighted by atomic mass is 10.0. The molecule has 4 rings (SSSR count). The third-order valence-electron chi connectivity index (χ3n) is 4.25. The van der Waals surface area contributed by atoms with Crippen molar-refractivity contribution in [3.05, 3.63) is 36.4 Å². The van der Waals surface area contributed by atoms with E-state index in [1.165, 1.54) is 0 Å². The quantitative estimate of drug-likeness (QED) is 0.792. The van der Waals surface area contributed by atoms with E-state index in [-0.39, 0.29) is 18.1 Å². The number of carbonyl (C=O) groups excluding carboxylic acids is 1. The maximum atomic E-state index is 12.9. The molecule has 0 aliphatic carbocycles. The fraction of sp³-hybridized carbons (Fsp3) is 0.467. The van der Waals surface area contributed by atoms with Crippen LogP contribution in [0.4, 0.5) is 0 Å². The summed E-state index contributed by atoms with van der Waals surface area (Å²) in [6.07, 6.45) is 7.31. The van der Waals surface area contributed by atoms with Gasteiger partial charge in [-0.3, -0.25) is 9.78 Å². The summed E-state index contributed by atoms with van der Waals surface area (Å²) in [6, 6.07) is 1.85. The van der Waals surface area contributed by atoms with Crippen molar-refractivity contribution in [1.29, 1.82) is 0 Å². The number of hydrogen-bond donors (Lipinski definition) is 0. The van der Waals surface area contributed by atoms with E-state index >= 15 is 0 Å². The molecule has 4 heterocycles. The number of morpholine rings is 1. The molecule has 2 aliphatic rings. The molecule has 8 heteroatoms. The Morgan fingerprint density at radius 3 is 3.13 bits per heavy atom. The van der Waals surface area contributed by atoms with Crippen molar-refractivity contribution < 1.29 is 14.3 Å². The third kappa shape index (κ3) is 2.71. The van der Waals surface area contributed by atoms with E-state index in [4.69, 9.17) is 9.47 Å². The van der Waals surface area contributed by atoms with Crippen molar-refractivity contribution in [2.75, 3.05) is 26.4 Å². The summed E-state index contributed by atoms with van der Waals surface area (Å²) in [5.74, 6) is -0.0281. The second-order valence-electron chi connectivity index (χ2n) is 5.62. The van der Waals surface area contributed by atoms with Crippen molar-refractivity contribution in [3.63, 3.8) is 0 Å². The highest BCUT2D eigenvalue weighted by Crippen LogP contribution is 2.23. The fourth-order valence-electron chi connectivity index (χ4n) is 3.12. The Labute approximate surface area is 133 Å². The summed E-state index contributed by atoms with van der Waals surface area (Å²) in [4.78, 5) is 19.0. The number of amides is 1. The van der Waals surface area contributed by atoms with Gasteiger partial charge in [-0.1, -0.05) is 5.21 Å². The van der Waals surface area contributed by atoms with Gasteiger partial charge in [-0.15, -0.1) is 5.10 Å². The van der Waals surface area contributed by atoms with E-state index in [9.17, 15) is 4.79 Å². The topological polar surface area (TPSA) is 82.4 Å². The maximum Gasteiger partial charge on any atom is 0.255 e. The monoisotopic (exact) mass is 315 g/mol. The Morgan fingerprint density at radius 1 is 1.30 bits per heavy atom. The lowest BCUT2D eigenvalue weighted by Gasteiger charge is -2.43. The Morgan fingerprint density at radius 2 is 2.26 bits per heavy atom. The highest BCUT2D eigenvalue weighted by Gasteiger charge is 2.37. The second kappa shape index (κ2) is 6.05. The van der Waals surface area contributed by atoms with E-state index in [1.807, 2.05) is 4.90 Å². The second-order valence-corrected chi connectivity index (χ2v) is 5.62. The number of aromatic nitrogens is 4. The lowest BCUT2D eigenvalue weighted by Crippen LogP contribution is -2.57. The van der Waals surface area contributed by atoms with E-state index in [0.717, 1.165) is 6.42 Å². The molecular weight excluding hydrogens is 298 g/mol. The Bertz CT molecular complexity index is 688. The van der Waals surface area contributed by atoms with Gasteiger partial charge in [-0.2, -0.15) is 0 Å².